The quantitative estimate of drug-likeness (QED) is 0.761. The Morgan fingerprint density at radius 1 is 1.05 bits per heavy atom. The van der Waals surface area contributed by atoms with Gasteiger partial charge in [-0.25, -0.2) is 0 Å². The summed E-state index contributed by atoms with van der Waals surface area (Å²) in [4.78, 5) is 38.6. The third-order valence-electron chi connectivity index (χ3n) is 3.60. The lowest BCUT2D eigenvalue weighted by molar-refractivity contribution is -0.154. The van der Waals surface area contributed by atoms with Gasteiger partial charge in [-0.1, -0.05) is 30.3 Å². The molecule has 1 aromatic carbocycles. The molecule has 2 aliphatic rings. The average molecular weight is 258 g/mol. The third-order valence-corrected chi connectivity index (χ3v) is 3.60. The van der Waals surface area contributed by atoms with E-state index in [1.54, 1.807) is 0 Å². The van der Waals surface area contributed by atoms with Gasteiger partial charge in [-0.05, 0) is 5.56 Å². The van der Waals surface area contributed by atoms with Gasteiger partial charge in [0.1, 0.15) is 12.6 Å². The van der Waals surface area contributed by atoms with Gasteiger partial charge in [0, 0.05) is 13.0 Å². The van der Waals surface area contributed by atoms with Gasteiger partial charge in [0.05, 0.1) is 6.54 Å². The van der Waals surface area contributed by atoms with Gasteiger partial charge in [0.2, 0.25) is 11.8 Å². The van der Waals surface area contributed by atoms with Crippen LogP contribution in [0.25, 0.3) is 0 Å². The number of piperazine rings is 1. The van der Waals surface area contributed by atoms with Crippen LogP contribution in [0.3, 0.4) is 0 Å². The second kappa shape index (κ2) is 4.50. The van der Waals surface area contributed by atoms with Crippen LogP contribution in [-0.2, 0) is 20.9 Å². The van der Waals surface area contributed by atoms with Crippen LogP contribution in [0, 0.1) is 0 Å². The molecule has 0 radical (unpaired) electrons. The van der Waals surface area contributed by atoms with E-state index in [4.69, 9.17) is 0 Å². The number of nitrogens with zero attached hydrogens (tertiary/aromatic N) is 2. The number of carbonyl (C=O) groups excluding carboxylic acids is 3. The summed E-state index contributed by atoms with van der Waals surface area (Å²) in [5, 5.41) is 0. The van der Waals surface area contributed by atoms with E-state index in [1.807, 2.05) is 30.3 Å². The average Bonchev–Trinajstić information content (AvgIpc) is 2.80. The SMILES string of the molecule is O=C1C[C@@H]2C(=O)N(Cc3ccccc3)CC(=O)N2C1. The summed E-state index contributed by atoms with van der Waals surface area (Å²) in [5.74, 6) is -0.283. The first-order valence-electron chi connectivity index (χ1n) is 6.29. The molecule has 2 saturated heterocycles. The smallest absolute Gasteiger partial charge is 0.246 e. The van der Waals surface area contributed by atoms with Crippen molar-refractivity contribution in [3.05, 3.63) is 35.9 Å². The van der Waals surface area contributed by atoms with Gasteiger partial charge < -0.3 is 9.80 Å². The maximum absolute atomic E-state index is 12.3. The number of fused-ring (bicyclic) bond motifs is 1. The van der Waals surface area contributed by atoms with Crippen molar-refractivity contribution in [3.8, 4) is 0 Å². The summed E-state index contributed by atoms with van der Waals surface area (Å²) in [6, 6.07) is 8.98. The minimum atomic E-state index is -0.572. The highest BCUT2D eigenvalue weighted by atomic mass is 16.2. The highest BCUT2D eigenvalue weighted by Crippen LogP contribution is 2.22. The predicted molar refractivity (Wildman–Crippen MR) is 67.0 cm³/mol. The molecule has 98 valence electrons. The molecule has 0 bridgehead atoms. The first-order chi connectivity index (χ1) is 9.15. The van der Waals surface area contributed by atoms with Crippen LogP contribution in [0.2, 0.25) is 0 Å². The summed E-state index contributed by atoms with van der Waals surface area (Å²) >= 11 is 0. The Morgan fingerprint density at radius 2 is 1.79 bits per heavy atom. The Labute approximate surface area is 110 Å². The third kappa shape index (κ3) is 2.12. The highest BCUT2D eigenvalue weighted by Gasteiger charge is 2.44. The lowest BCUT2D eigenvalue weighted by atomic mass is 10.1. The second-order valence-corrected chi connectivity index (χ2v) is 4.96. The van der Waals surface area contributed by atoms with Crippen LogP contribution >= 0.6 is 0 Å². The van der Waals surface area contributed by atoms with Crippen molar-refractivity contribution in [2.24, 2.45) is 0 Å². The molecule has 0 spiro atoms. The van der Waals surface area contributed by atoms with Crippen molar-refractivity contribution in [2.45, 2.75) is 19.0 Å². The van der Waals surface area contributed by atoms with E-state index in [9.17, 15) is 14.4 Å². The van der Waals surface area contributed by atoms with Gasteiger partial charge in [-0.2, -0.15) is 0 Å². The number of benzene rings is 1. The highest BCUT2D eigenvalue weighted by molar-refractivity contribution is 6.02. The number of hydrogen-bond donors (Lipinski definition) is 0. The molecule has 1 aromatic rings. The molecule has 2 aliphatic heterocycles. The molecule has 3 rings (SSSR count). The minimum absolute atomic E-state index is 0.0340. The molecule has 0 unspecified atom stereocenters. The number of hydrogen-bond acceptors (Lipinski definition) is 3. The minimum Gasteiger partial charge on any atom is -0.327 e. The Kier molecular flexibility index (Phi) is 2.81. The summed E-state index contributed by atoms with van der Waals surface area (Å²) < 4.78 is 0. The molecule has 0 aliphatic carbocycles. The van der Waals surface area contributed by atoms with Crippen LogP contribution in [0.4, 0.5) is 0 Å². The first kappa shape index (κ1) is 11.9. The first-order valence-corrected chi connectivity index (χ1v) is 6.29. The molecule has 5 heteroatoms. The molecule has 0 N–H and O–H groups in total. The number of rotatable bonds is 2. The maximum atomic E-state index is 12.3. The largest absolute Gasteiger partial charge is 0.327 e. The zero-order valence-corrected chi connectivity index (χ0v) is 10.4. The molecular formula is C14H14N2O3. The number of carbonyl (C=O) groups is 3. The normalized spacial score (nSPS) is 22.9. The van der Waals surface area contributed by atoms with Crippen LogP contribution in [-0.4, -0.2) is 46.5 Å². The standard InChI is InChI=1S/C14H14N2O3/c17-11-6-12-14(19)15(9-13(18)16(12)8-11)7-10-4-2-1-3-5-10/h1-5,12H,6-9H2/t12-/m1/s1. The van der Waals surface area contributed by atoms with E-state index < -0.39 is 6.04 Å². The van der Waals surface area contributed by atoms with Crippen molar-refractivity contribution < 1.29 is 14.4 Å². The van der Waals surface area contributed by atoms with Crippen molar-refractivity contribution >= 4 is 17.6 Å². The predicted octanol–water partition coefficient (Wildman–Crippen LogP) is 0.199. The molecule has 0 aromatic heterocycles. The zero-order valence-electron chi connectivity index (χ0n) is 10.4. The molecule has 2 amide bonds. The summed E-state index contributed by atoms with van der Waals surface area (Å²) in [7, 11) is 0. The molecule has 19 heavy (non-hydrogen) atoms. The van der Waals surface area contributed by atoms with Gasteiger partial charge in [-0.3, -0.25) is 14.4 Å². The maximum Gasteiger partial charge on any atom is 0.246 e. The molecule has 2 heterocycles. The Bertz CT molecular complexity index is 541. The lowest BCUT2D eigenvalue weighted by Gasteiger charge is -2.35. The fourth-order valence-corrected chi connectivity index (χ4v) is 2.65. The van der Waals surface area contributed by atoms with Crippen LogP contribution in [0.1, 0.15) is 12.0 Å². The van der Waals surface area contributed by atoms with E-state index in [2.05, 4.69) is 0 Å². The monoisotopic (exact) mass is 258 g/mol. The summed E-state index contributed by atoms with van der Waals surface area (Å²) in [5.41, 5.74) is 0.987. The van der Waals surface area contributed by atoms with Crippen molar-refractivity contribution in [3.63, 3.8) is 0 Å². The number of amides is 2. The van der Waals surface area contributed by atoms with Crippen LogP contribution < -0.4 is 0 Å². The van der Waals surface area contributed by atoms with Gasteiger partial charge in [0.15, 0.2) is 5.78 Å². The summed E-state index contributed by atoms with van der Waals surface area (Å²) in [6.45, 7) is 0.579. The zero-order chi connectivity index (χ0) is 13.4. The van der Waals surface area contributed by atoms with E-state index >= 15 is 0 Å². The molecular weight excluding hydrogens is 244 g/mol. The number of Topliss-reactive ketones (excluding diaryl/α,β-unsaturated/α-hetero) is 1. The van der Waals surface area contributed by atoms with Crippen molar-refractivity contribution in [2.75, 3.05) is 13.1 Å². The topological polar surface area (TPSA) is 57.7 Å². The lowest BCUT2D eigenvalue weighted by Crippen LogP contribution is -2.56. The van der Waals surface area contributed by atoms with Crippen molar-refractivity contribution in [1.29, 1.82) is 0 Å². The van der Waals surface area contributed by atoms with E-state index in [0.29, 0.717) is 6.54 Å². The van der Waals surface area contributed by atoms with Crippen molar-refractivity contribution in [1.82, 2.24) is 9.80 Å². The Morgan fingerprint density at radius 3 is 2.53 bits per heavy atom. The Hall–Kier alpha value is -2.17. The van der Waals surface area contributed by atoms with Gasteiger partial charge >= 0.3 is 0 Å². The molecule has 0 saturated carbocycles. The fourth-order valence-electron chi connectivity index (χ4n) is 2.65. The second-order valence-electron chi connectivity index (χ2n) is 4.96. The number of ketones is 1. The van der Waals surface area contributed by atoms with Crippen LogP contribution in [0.15, 0.2) is 30.3 Å². The molecule has 1 atom stereocenters. The molecule has 5 nitrogen and oxygen atoms in total. The van der Waals surface area contributed by atoms with Gasteiger partial charge in [-0.15, -0.1) is 0 Å². The van der Waals surface area contributed by atoms with E-state index in [1.165, 1.54) is 9.80 Å². The Balaban J connectivity index is 1.79. The van der Waals surface area contributed by atoms with Crippen LogP contribution in [0.5, 0.6) is 0 Å². The van der Waals surface area contributed by atoms with E-state index in [-0.39, 0.29) is 37.1 Å². The fraction of sp³-hybridized carbons (Fsp3) is 0.357. The van der Waals surface area contributed by atoms with Gasteiger partial charge in [0.25, 0.3) is 0 Å². The summed E-state index contributed by atoms with van der Waals surface area (Å²) in [6.07, 6.45) is 0.163. The molecule has 2 fully saturated rings. The van der Waals surface area contributed by atoms with E-state index in [0.717, 1.165) is 5.56 Å².